The molecule has 0 radical (unpaired) electrons. The molecule has 120 valence electrons. The Morgan fingerprint density at radius 3 is 2.48 bits per heavy atom. The van der Waals surface area contributed by atoms with Crippen LogP contribution in [-0.2, 0) is 0 Å². The van der Waals surface area contributed by atoms with Crippen LogP contribution in [0.5, 0.6) is 0 Å². The number of halogens is 1. The fourth-order valence-electron chi connectivity index (χ4n) is 2.96. The smallest absolute Gasteiger partial charge is 0.435 e. The van der Waals surface area contributed by atoms with Crippen LogP contribution in [0.1, 0.15) is 24.3 Å². The van der Waals surface area contributed by atoms with Gasteiger partial charge in [0, 0.05) is 13.1 Å². The summed E-state index contributed by atoms with van der Waals surface area (Å²) in [5, 5.41) is 12.6. The van der Waals surface area contributed by atoms with Crippen molar-refractivity contribution in [3.05, 3.63) is 56.9 Å². The number of carboxylic acid groups (broad SMARTS) is 1. The van der Waals surface area contributed by atoms with E-state index in [9.17, 15) is 9.59 Å². The molecule has 6 nitrogen and oxygen atoms in total. The lowest BCUT2D eigenvalue weighted by atomic mass is 9.89. The van der Waals surface area contributed by atoms with Gasteiger partial charge in [0.25, 0.3) is 5.56 Å². The predicted octanol–water partition coefficient (Wildman–Crippen LogP) is 2.92. The summed E-state index contributed by atoms with van der Waals surface area (Å²) in [6.07, 6.45) is 2.02. The summed E-state index contributed by atoms with van der Waals surface area (Å²) in [5.41, 5.74) is 1.34. The van der Waals surface area contributed by atoms with Gasteiger partial charge in [-0.05, 0) is 40.3 Å². The van der Waals surface area contributed by atoms with Crippen LogP contribution in [0.3, 0.4) is 0 Å². The van der Waals surface area contributed by atoms with Crippen LogP contribution in [-0.4, -0.2) is 34.1 Å². The lowest BCUT2D eigenvalue weighted by Crippen LogP contribution is -2.36. The van der Waals surface area contributed by atoms with Crippen LogP contribution in [0, 0.1) is 0 Å². The van der Waals surface area contributed by atoms with Gasteiger partial charge in [0.15, 0.2) is 0 Å². The van der Waals surface area contributed by atoms with Gasteiger partial charge < -0.3 is 10.0 Å². The molecule has 2 aromatic rings. The number of nitrogens with zero attached hydrogens (tertiary/aromatic N) is 3. The molecule has 1 aliphatic heterocycles. The minimum atomic E-state index is -1.38. The summed E-state index contributed by atoms with van der Waals surface area (Å²) in [7, 11) is 0. The largest absolute Gasteiger partial charge is 0.463 e. The zero-order valence-electron chi connectivity index (χ0n) is 12.4. The van der Waals surface area contributed by atoms with Crippen molar-refractivity contribution in [2.45, 2.75) is 18.8 Å². The van der Waals surface area contributed by atoms with E-state index in [1.807, 2.05) is 18.2 Å². The first-order valence-corrected chi connectivity index (χ1v) is 8.18. The van der Waals surface area contributed by atoms with Crippen molar-refractivity contribution in [2.75, 3.05) is 18.0 Å². The number of benzene rings is 1. The Bertz CT molecular complexity index is 768. The number of rotatable bonds is 2. The highest BCUT2D eigenvalue weighted by Crippen LogP contribution is 2.31. The molecule has 0 aliphatic carbocycles. The van der Waals surface area contributed by atoms with Crippen LogP contribution >= 0.6 is 15.9 Å². The first kappa shape index (κ1) is 15.7. The first-order chi connectivity index (χ1) is 11.1. The van der Waals surface area contributed by atoms with Crippen molar-refractivity contribution in [3.8, 4) is 0 Å². The van der Waals surface area contributed by atoms with Crippen LogP contribution in [0.15, 0.2) is 45.8 Å². The molecule has 2 heterocycles. The third-order valence-corrected chi connectivity index (χ3v) is 4.93. The molecule has 1 aromatic heterocycles. The van der Waals surface area contributed by atoms with Gasteiger partial charge in [0.2, 0.25) is 0 Å². The highest BCUT2D eigenvalue weighted by molar-refractivity contribution is 9.10. The van der Waals surface area contributed by atoms with Crippen LogP contribution < -0.4 is 10.5 Å². The summed E-state index contributed by atoms with van der Waals surface area (Å²) in [6.45, 7) is 1.60. The molecule has 0 amide bonds. The molecule has 1 fully saturated rings. The van der Waals surface area contributed by atoms with E-state index in [0.717, 1.165) is 25.9 Å². The molecule has 0 bridgehead atoms. The number of carbonyl (C=O) groups is 1. The number of piperidine rings is 1. The second kappa shape index (κ2) is 6.54. The van der Waals surface area contributed by atoms with Crippen LogP contribution in [0.4, 0.5) is 10.5 Å². The minimum absolute atomic E-state index is 0.244. The maximum Gasteiger partial charge on any atom is 0.435 e. The fourth-order valence-corrected chi connectivity index (χ4v) is 3.48. The van der Waals surface area contributed by atoms with E-state index in [1.54, 1.807) is 0 Å². The second-order valence-corrected chi connectivity index (χ2v) is 6.31. The third kappa shape index (κ3) is 3.14. The Labute approximate surface area is 141 Å². The van der Waals surface area contributed by atoms with E-state index in [4.69, 9.17) is 5.11 Å². The van der Waals surface area contributed by atoms with Gasteiger partial charge in [-0.15, -0.1) is 4.68 Å². The monoisotopic (exact) mass is 377 g/mol. The van der Waals surface area contributed by atoms with E-state index in [1.165, 1.54) is 11.8 Å². The van der Waals surface area contributed by atoms with Crippen molar-refractivity contribution in [2.24, 2.45) is 0 Å². The van der Waals surface area contributed by atoms with E-state index >= 15 is 0 Å². The van der Waals surface area contributed by atoms with E-state index < -0.39 is 11.7 Å². The van der Waals surface area contributed by atoms with Gasteiger partial charge in [-0.25, -0.2) is 4.79 Å². The number of hydrogen-bond donors (Lipinski definition) is 1. The molecular formula is C16H16BrN3O3. The fraction of sp³-hybridized carbons (Fsp3) is 0.312. The van der Waals surface area contributed by atoms with E-state index in [2.05, 4.69) is 38.1 Å². The van der Waals surface area contributed by atoms with Crippen LogP contribution in [0.25, 0.3) is 0 Å². The number of hydrogen-bond acceptors (Lipinski definition) is 4. The Morgan fingerprint density at radius 2 is 1.87 bits per heavy atom. The van der Waals surface area contributed by atoms with Gasteiger partial charge >= 0.3 is 6.09 Å². The topological polar surface area (TPSA) is 75.4 Å². The molecule has 1 N–H and O–H groups in total. The average molecular weight is 378 g/mol. The molecule has 1 aliphatic rings. The zero-order valence-corrected chi connectivity index (χ0v) is 13.9. The molecule has 0 saturated carbocycles. The average Bonchev–Trinajstić information content (AvgIpc) is 2.58. The van der Waals surface area contributed by atoms with Crippen molar-refractivity contribution < 1.29 is 9.90 Å². The zero-order chi connectivity index (χ0) is 16.4. The van der Waals surface area contributed by atoms with Crippen molar-refractivity contribution in [1.82, 2.24) is 9.78 Å². The molecular weight excluding hydrogens is 362 g/mol. The molecule has 1 aromatic carbocycles. The number of aromatic nitrogens is 2. The SMILES string of the molecule is O=C(O)n1ncc(N2CCC(c3ccccc3)CC2)c(Br)c1=O. The van der Waals surface area contributed by atoms with Gasteiger partial charge in [0.05, 0.1) is 11.9 Å². The van der Waals surface area contributed by atoms with E-state index in [0.29, 0.717) is 16.3 Å². The molecule has 7 heteroatoms. The van der Waals surface area contributed by atoms with Crippen molar-refractivity contribution in [1.29, 1.82) is 0 Å². The quantitative estimate of drug-likeness (QED) is 0.870. The molecule has 3 rings (SSSR count). The summed E-state index contributed by atoms with van der Waals surface area (Å²) in [4.78, 5) is 25.0. The maximum absolute atomic E-state index is 12.0. The lowest BCUT2D eigenvalue weighted by molar-refractivity contribution is 0.191. The molecule has 1 saturated heterocycles. The Hall–Kier alpha value is -2.15. The first-order valence-electron chi connectivity index (χ1n) is 7.39. The molecule has 0 unspecified atom stereocenters. The van der Waals surface area contributed by atoms with Crippen LogP contribution in [0.2, 0.25) is 0 Å². The number of anilines is 1. The minimum Gasteiger partial charge on any atom is -0.463 e. The third-order valence-electron chi connectivity index (χ3n) is 4.19. The summed E-state index contributed by atoms with van der Waals surface area (Å²) < 4.78 is 0.678. The summed E-state index contributed by atoms with van der Waals surface area (Å²) in [6, 6.07) is 10.4. The van der Waals surface area contributed by atoms with Gasteiger partial charge in [-0.3, -0.25) is 4.79 Å². The van der Waals surface area contributed by atoms with E-state index in [-0.39, 0.29) is 4.47 Å². The summed E-state index contributed by atoms with van der Waals surface area (Å²) >= 11 is 3.22. The molecule has 0 spiro atoms. The van der Waals surface area contributed by atoms with Crippen molar-refractivity contribution >= 4 is 27.7 Å². The van der Waals surface area contributed by atoms with Gasteiger partial charge in [-0.1, -0.05) is 30.3 Å². The Balaban J connectivity index is 1.77. The van der Waals surface area contributed by atoms with Gasteiger partial charge in [0.1, 0.15) is 4.47 Å². The van der Waals surface area contributed by atoms with Gasteiger partial charge in [-0.2, -0.15) is 5.10 Å². The molecule has 0 atom stereocenters. The highest BCUT2D eigenvalue weighted by atomic mass is 79.9. The molecule has 23 heavy (non-hydrogen) atoms. The maximum atomic E-state index is 12.0. The Kier molecular flexibility index (Phi) is 4.47. The normalized spacial score (nSPS) is 15.6. The predicted molar refractivity (Wildman–Crippen MR) is 90.2 cm³/mol. The second-order valence-electron chi connectivity index (χ2n) is 5.52. The lowest BCUT2D eigenvalue weighted by Gasteiger charge is -2.34. The Morgan fingerprint density at radius 1 is 1.22 bits per heavy atom. The standard InChI is InChI=1S/C16H16BrN3O3/c17-14-13(10-18-20(15(14)21)16(22)23)19-8-6-12(7-9-19)11-4-2-1-3-5-11/h1-5,10,12H,6-9H2,(H,22,23). The summed E-state index contributed by atoms with van der Waals surface area (Å²) in [5.74, 6) is 0.513. The van der Waals surface area contributed by atoms with Crippen molar-refractivity contribution in [3.63, 3.8) is 0 Å². The highest BCUT2D eigenvalue weighted by Gasteiger charge is 2.24.